The van der Waals surface area contributed by atoms with Gasteiger partial charge in [0.05, 0.1) is 12.7 Å². The quantitative estimate of drug-likeness (QED) is 0.682. The number of hydrogen-bond acceptors (Lipinski definition) is 2. The molecule has 2 nitrogen and oxygen atoms in total. The molecule has 0 aromatic rings. The van der Waals surface area contributed by atoms with E-state index in [2.05, 4.69) is 25.7 Å². The molecular weight excluding hydrogens is 186 g/mol. The molecular formula is C13H25NO. The highest BCUT2D eigenvalue weighted by Gasteiger charge is 2.21. The van der Waals surface area contributed by atoms with Gasteiger partial charge in [-0.25, -0.2) is 0 Å². The van der Waals surface area contributed by atoms with Gasteiger partial charge in [0, 0.05) is 6.54 Å². The lowest BCUT2D eigenvalue weighted by atomic mass is 9.88. The van der Waals surface area contributed by atoms with E-state index in [-0.39, 0.29) is 0 Å². The fourth-order valence-electron chi connectivity index (χ4n) is 2.11. The maximum Gasteiger partial charge on any atom is 0.0690 e. The SMILES string of the molecule is C=C(CNCC)COC1CCCCC1C. The first-order valence-corrected chi connectivity index (χ1v) is 6.23. The zero-order valence-electron chi connectivity index (χ0n) is 10.2. The lowest BCUT2D eigenvalue weighted by Crippen LogP contribution is -2.27. The summed E-state index contributed by atoms with van der Waals surface area (Å²) in [6, 6.07) is 0. The first-order chi connectivity index (χ1) is 7.24. The van der Waals surface area contributed by atoms with E-state index in [0.717, 1.165) is 31.2 Å². The molecule has 2 atom stereocenters. The molecule has 2 unspecified atom stereocenters. The van der Waals surface area contributed by atoms with Gasteiger partial charge in [0.1, 0.15) is 0 Å². The summed E-state index contributed by atoms with van der Waals surface area (Å²) in [5.41, 5.74) is 1.16. The predicted molar refractivity (Wildman–Crippen MR) is 65.1 cm³/mol. The molecule has 1 aliphatic rings. The molecule has 0 aromatic heterocycles. The van der Waals surface area contributed by atoms with Gasteiger partial charge >= 0.3 is 0 Å². The van der Waals surface area contributed by atoms with E-state index in [1.165, 1.54) is 25.7 Å². The summed E-state index contributed by atoms with van der Waals surface area (Å²) in [7, 11) is 0. The molecule has 0 spiro atoms. The molecule has 0 radical (unpaired) electrons. The Balaban J connectivity index is 2.14. The molecule has 1 fully saturated rings. The molecule has 0 amide bonds. The summed E-state index contributed by atoms with van der Waals surface area (Å²) in [5, 5.41) is 3.27. The Morgan fingerprint density at radius 3 is 2.80 bits per heavy atom. The van der Waals surface area contributed by atoms with Crippen molar-refractivity contribution in [1.82, 2.24) is 5.32 Å². The third-order valence-electron chi connectivity index (χ3n) is 3.16. The van der Waals surface area contributed by atoms with Crippen molar-refractivity contribution in [3.8, 4) is 0 Å². The highest BCUT2D eigenvalue weighted by molar-refractivity contribution is 4.97. The summed E-state index contributed by atoms with van der Waals surface area (Å²) in [4.78, 5) is 0. The molecule has 0 heterocycles. The largest absolute Gasteiger partial charge is 0.374 e. The third kappa shape index (κ3) is 4.80. The lowest BCUT2D eigenvalue weighted by molar-refractivity contribution is 0.00666. The van der Waals surface area contributed by atoms with Crippen molar-refractivity contribution in [2.24, 2.45) is 5.92 Å². The average Bonchev–Trinajstić information content (AvgIpc) is 2.25. The first-order valence-electron chi connectivity index (χ1n) is 6.23. The van der Waals surface area contributed by atoms with Crippen LogP contribution in [-0.2, 0) is 4.74 Å². The second-order valence-electron chi connectivity index (χ2n) is 4.64. The van der Waals surface area contributed by atoms with Crippen molar-refractivity contribution in [2.75, 3.05) is 19.7 Å². The molecule has 0 saturated heterocycles. The third-order valence-corrected chi connectivity index (χ3v) is 3.16. The van der Waals surface area contributed by atoms with E-state index in [1.54, 1.807) is 0 Å². The Morgan fingerprint density at radius 1 is 1.40 bits per heavy atom. The highest BCUT2D eigenvalue weighted by Crippen LogP contribution is 2.26. The second-order valence-corrected chi connectivity index (χ2v) is 4.64. The molecule has 1 aliphatic carbocycles. The normalized spacial score (nSPS) is 26.5. The Labute approximate surface area is 94.1 Å². The standard InChI is InChI=1S/C13H25NO/c1-4-14-9-11(2)10-15-13-8-6-5-7-12(13)3/h12-14H,2,4-10H2,1,3H3. The first kappa shape index (κ1) is 12.7. The van der Waals surface area contributed by atoms with E-state index < -0.39 is 0 Å². The van der Waals surface area contributed by atoms with Crippen LogP contribution in [0.15, 0.2) is 12.2 Å². The molecule has 0 aromatic carbocycles. The number of ether oxygens (including phenoxy) is 1. The van der Waals surface area contributed by atoms with E-state index in [0.29, 0.717) is 6.10 Å². The fourth-order valence-corrected chi connectivity index (χ4v) is 2.11. The average molecular weight is 211 g/mol. The Morgan fingerprint density at radius 2 is 2.13 bits per heavy atom. The molecule has 88 valence electrons. The summed E-state index contributed by atoms with van der Waals surface area (Å²) >= 11 is 0. The minimum atomic E-state index is 0.470. The van der Waals surface area contributed by atoms with Gasteiger partial charge in [-0.15, -0.1) is 0 Å². The topological polar surface area (TPSA) is 21.3 Å². The monoisotopic (exact) mass is 211 g/mol. The molecule has 1 saturated carbocycles. The van der Waals surface area contributed by atoms with Crippen LogP contribution in [0.4, 0.5) is 0 Å². The molecule has 0 bridgehead atoms. The van der Waals surface area contributed by atoms with Crippen LogP contribution >= 0.6 is 0 Å². The zero-order valence-corrected chi connectivity index (χ0v) is 10.2. The maximum absolute atomic E-state index is 5.91. The Hall–Kier alpha value is -0.340. The van der Waals surface area contributed by atoms with Crippen LogP contribution in [-0.4, -0.2) is 25.8 Å². The minimum absolute atomic E-state index is 0.470. The summed E-state index contributed by atoms with van der Waals surface area (Å²) < 4.78 is 5.91. The van der Waals surface area contributed by atoms with Gasteiger partial charge in [0.15, 0.2) is 0 Å². The van der Waals surface area contributed by atoms with Crippen LogP contribution in [0.25, 0.3) is 0 Å². The van der Waals surface area contributed by atoms with Gasteiger partial charge in [-0.3, -0.25) is 0 Å². The summed E-state index contributed by atoms with van der Waals surface area (Å²) in [6.45, 7) is 11.0. The number of likely N-dealkylation sites (N-methyl/N-ethyl adjacent to an activating group) is 1. The molecule has 0 aliphatic heterocycles. The van der Waals surface area contributed by atoms with Crippen LogP contribution in [0.3, 0.4) is 0 Å². The van der Waals surface area contributed by atoms with Gasteiger partial charge in [-0.1, -0.05) is 33.3 Å². The summed E-state index contributed by atoms with van der Waals surface area (Å²) in [5.74, 6) is 0.727. The van der Waals surface area contributed by atoms with Crippen molar-refractivity contribution < 1.29 is 4.74 Å². The van der Waals surface area contributed by atoms with Crippen LogP contribution in [0.5, 0.6) is 0 Å². The Kier molecular flexibility index (Phi) is 5.96. The van der Waals surface area contributed by atoms with Crippen molar-refractivity contribution in [3.63, 3.8) is 0 Å². The van der Waals surface area contributed by atoms with Gasteiger partial charge in [0.2, 0.25) is 0 Å². The zero-order chi connectivity index (χ0) is 11.1. The van der Waals surface area contributed by atoms with E-state index in [1.807, 2.05) is 0 Å². The van der Waals surface area contributed by atoms with Gasteiger partial charge in [0.25, 0.3) is 0 Å². The molecule has 1 rings (SSSR count). The maximum atomic E-state index is 5.91. The fraction of sp³-hybridized carbons (Fsp3) is 0.846. The van der Waals surface area contributed by atoms with Crippen molar-refractivity contribution in [2.45, 2.75) is 45.6 Å². The highest BCUT2D eigenvalue weighted by atomic mass is 16.5. The van der Waals surface area contributed by atoms with Crippen molar-refractivity contribution in [1.29, 1.82) is 0 Å². The van der Waals surface area contributed by atoms with E-state index >= 15 is 0 Å². The summed E-state index contributed by atoms with van der Waals surface area (Å²) in [6.07, 6.45) is 5.73. The smallest absolute Gasteiger partial charge is 0.0690 e. The van der Waals surface area contributed by atoms with Gasteiger partial charge < -0.3 is 10.1 Å². The van der Waals surface area contributed by atoms with Gasteiger partial charge in [-0.05, 0) is 30.9 Å². The van der Waals surface area contributed by atoms with Crippen molar-refractivity contribution in [3.05, 3.63) is 12.2 Å². The van der Waals surface area contributed by atoms with E-state index in [9.17, 15) is 0 Å². The molecule has 15 heavy (non-hydrogen) atoms. The molecule has 1 N–H and O–H groups in total. The van der Waals surface area contributed by atoms with Crippen molar-refractivity contribution >= 4 is 0 Å². The Bertz CT molecular complexity index is 191. The predicted octanol–water partition coefficient (Wildman–Crippen LogP) is 2.75. The lowest BCUT2D eigenvalue weighted by Gasteiger charge is -2.29. The van der Waals surface area contributed by atoms with Crippen LogP contribution in [0, 0.1) is 5.92 Å². The van der Waals surface area contributed by atoms with Gasteiger partial charge in [-0.2, -0.15) is 0 Å². The van der Waals surface area contributed by atoms with E-state index in [4.69, 9.17) is 4.74 Å². The molecule has 2 heteroatoms. The van der Waals surface area contributed by atoms with Crippen LogP contribution < -0.4 is 5.32 Å². The minimum Gasteiger partial charge on any atom is -0.374 e. The number of rotatable bonds is 6. The number of hydrogen-bond donors (Lipinski definition) is 1. The van der Waals surface area contributed by atoms with Crippen LogP contribution in [0.2, 0.25) is 0 Å². The second kappa shape index (κ2) is 7.02. The van der Waals surface area contributed by atoms with Crippen LogP contribution in [0.1, 0.15) is 39.5 Å². The number of nitrogens with one attached hydrogen (secondary N) is 1.